The van der Waals surface area contributed by atoms with Crippen LogP contribution in [0.3, 0.4) is 0 Å². The molecule has 0 radical (unpaired) electrons. The summed E-state index contributed by atoms with van der Waals surface area (Å²) < 4.78 is 26.2. The molecule has 1 aromatic heterocycles. The van der Waals surface area contributed by atoms with Crippen molar-refractivity contribution < 1.29 is 12.6 Å². The Morgan fingerprint density at radius 2 is 2.23 bits per heavy atom. The molecule has 0 fully saturated rings. The number of aromatic amines is 1. The monoisotopic (exact) mass is 204 g/mol. The van der Waals surface area contributed by atoms with E-state index >= 15 is 0 Å². The van der Waals surface area contributed by atoms with Crippen molar-refractivity contribution in [2.45, 2.75) is 20.0 Å². The number of H-pyrrole nitrogens is 1. The molecule has 0 saturated carbocycles. The van der Waals surface area contributed by atoms with Crippen LogP contribution < -0.4 is 0 Å². The van der Waals surface area contributed by atoms with E-state index in [0.29, 0.717) is 5.69 Å². The maximum absolute atomic E-state index is 10.8. The lowest BCUT2D eigenvalue weighted by Gasteiger charge is -2.06. The Morgan fingerprint density at radius 3 is 2.62 bits per heavy atom. The minimum absolute atomic E-state index is 0.542. The molecule has 1 heterocycles. The summed E-state index contributed by atoms with van der Waals surface area (Å²) in [6, 6.07) is 1.75. The van der Waals surface area contributed by atoms with E-state index in [1.165, 1.54) is 0 Å². The minimum Gasteiger partial charge on any atom is -0.282 e. The molecule has 0 spiro atoms. The Hall–Kier alpha value is -0.880. The van der Waals surface area contributed by atoms with Crippen LogP contribution in [0.4, 0.5) is 0 Å². The quantitative estimate of drug-likeness (QED) is 0.737. The summed E-state index contributed by atoms with van der Waals surface area (Å²) in [5.41, 5.74) is 1.46. The fourth-order valence-electron chi connectivity index (χ4n) is 0.959. The second-order valence-electron chi connectivity index (χ2n) is 2.92. The topological polar surface area (TPSA) is 72.1 Å². The molecule has 5 nitrogen and oxygen atoms in total. The number of aryl methyl sites for hydroxylation is 1. The third-order valence-corrected chi connectivity index (χ3v) is 2.10. The van der Waals surface area contributed by atoms with Gasteiger partial charge in [-0.15, -0.1) is 0 Å². The highest BCUT2D eigenvalue weighted by Crippen LogP contribution is 2.16. The summed E-state index contributed by atoms with van der Waals surface area (Å²) in [4.78, 5) is 0. The highest BCUT2D eigenvalue weighted by molar-refractivity contribution is 7.86. The zero-order chi connectivity index (χ0) is 10.1. The van der Waals surface area contributed by atoms with Gasteiger partial charge in [0.1, 0.15) is 6.10 Å². The van der Waals surface area contributed by atoms with Crippen LogP contribution in [0.1, 0.15) is 24.4 Å². The van der Waals surface area contributed by atoms with Gasteiger partial charge in [0.15, 0.2) is 0 Å². The first kappa shape index (κ1) is 10.2. The Labute approximate surface area is 77.2 Å². The van der Waals surface area contributed by atoms with E-state index in [4.69, 9.17) is 4.18 Å². The maximum atomic E-state index is 10.8. The summed E-state index contributed by atoms with van der Waals surface area (Å²) in [6.45, 7) is 3.47. The molecule has 0 aliphatic heterocycles. The van der Waals surface area contributed by atoms with Crippen molar-refractivity contribution in [1.82, 2.24) is 10.2 Å². The molecule has 0 amide bonds. The number of nitrogens with one attached hydrogen (secondary N) is 1. The van der Waals surface area contributed by atoms with E-state index < -0.39 is 16.2 Å². The van der Waals surface area contributed by atoms with Crippen LogP contribution in [0, 0.1) is 6.92 Å². The van der Waals surface area contributed by atoms with Crippen molar-refractivity contribution in [1.29, 1.82) is 0 Å². The lowest BCUT2D eigenvalue weighted by Crippen LogP contribution is -2.07. The molecule has 1 atom stereocenters. The van der Waals surface area contributed by atoms with Crippen molar-refractivity contribution in [2.75, 3.05) is 6.26 Å². The van der Waals surface area contributed by atoms with E-state index in [2.05, 4.69) is 10.2 Å². The van der Waals surface area contributed by atoms with Crippen molar-refractivity contribution in [3.05, 3.63) is 17.5 Å². The fraction of sp³-hybridized carbons (Fsp3) is 0.571. The van der Waals surface area contributed by atoms with Crippen LogP contribution in [-0.4, -0.2) is 24.9 Å². The van der Waals surface area contributed by atoms with Crippen LogP contribution in [-0.2, 0) is 14.3 Å². The van der Waals surface area contributed by atoms with Crippen molar-refractivity contribution in [2.24, 2.45) is 0 Å². The molecule has 0 aliphatic carbocycles. The first-order valence-corrected chi connectivity index (χ1v) is 5.60. The molecule has 6 heteroatoms. The zero-order valence-electron chi connectivity index (χ0n) is 7.73. The normalized spacial score (nSPS) is 14.4. The van der Waals surface area contributed by atoms with Gasteiger partial charge in [-0.25, -0.2) is 0 Å². The maximum Gasteiger partial charge on any atom is 0.265 e. The first-order chi connectivity index (χ1) is 5.88. The Morgan fingerprint density at radius 1 is 1.62 bits per heavy atom. The third kappa shape index (κ3) is 3.16. The minimum atomic E-state index is -3.42. The van der Waals surface area contributed by atoms with Gasteiger partial charge >= 0.3 is 0 Å². The number of nitrogens with zero attached hydrogens (tertiary/aromatic N) is 1. The first-order valence-electron chi connectivity index (χ1n) is 3.78. The van der Waals surface area contributed by atoms with Crippen molar-refractivity contribution in [3.8, 4) is 0 Å². The van der Waals surface area contributed by atoms with Crippen LogP contribution in [0.2, 0.25) is 0 Å². The predicted molar refractivity (Wildman–Crippen MR) is 47.7 cm³/mol. The van der Waals surface area contributed by atoms with Crippen LogP contribution in [0.15, 0.2) is 6.07 Å². The molecule has 0 bridgehead atoms. The Balaban J connectivity index is 2.75. The van der Waals surface area contributed by atoms with E-state index in [1.54, 1.807) is 13.0 Å². The van der Waals surface area contributed by atoms with Gasteiger partial charge in [0.2, 0.25) is 0 Å². The molecule has 1 N–H and O–H groups in total. The number of hydrogen-bond acceptors (Lipinski definition) is 4. The van der Waals surface area contributed by atoms with E-state index in [0.717, 1.165) is 11.9 Å². The molecule has 0 aliphatic rings. The summed E-state index contributed by atoms with van der Waals surface area (Å²) in [5.74, 6) is 0. The smallest absolute Gasteiger partial charge is 0.265 e. The van der Waals surface area contributed by atoms with Gasteiger partial charge in [-0.05, 0) is 19.9 Å². The SMILES string of the molecule is Cc1cc(C(C)OS(C)(=O)=O)n[nH]1. The standard InChI is InChI=1S/C7H12N2O3S/c1-5-4-7(9-8-5)6(2)12-13(3,10)11/h4,6H,1-3H3,(H,8,9). The Bertz CT molecular complexity index is 382. The third-order valence-electron chi connectivity index (χ3n) is 1.46. The molecule has 0 aromatic carbocycles. The molecule has 1 unspecified atom stereocenters. The van der Waals surface area contributed by atoms with Gasteiger partial charge in [-0.3, -0.25) is 9.28 Å². The van der Waals surface area contributed by atoms with Crippen LogP contribution in [0.25, 0.3) is 0 Å². The average molecular weight is 204 g/mol. The second-order valence-corrected chi connectivity index (χ2v) is 4.52. The van der Waals surface area contributed by atoms with Gasteiger partial charge in [0.25, 0.3) is 10.1 Å². The number of aromatic nitrogens is 2. The predicted octanol–water partition coefficient (Wildman–Crippen LogP) is 0.755. The summed E-state index contributed by atoms with van der Waals surface area (Å²) >= 11 is 0. The van der Waals surface area contributed by atoms with Crippen LogP contribution in [0.5, 0.6) is 0 Å². The second kappa shape index (κ2) is 3.47. The number of hydrogen-bond donors (Lipinski definition) is 1. The van der Waals surface area contributed by atoms with Crippen molar-refractivity contribution in [3.63, 3.8) is 0 Å². The molecule has 74 valence electrons. The van der Waals surface area contributed by atoms with Gasteiger partial charge in [-0.2, -0.15) is 13.5 Å². The molecular weight excluding hydrogens is 192 g/mol. The zero-order valence-corrected chi connectivity index (χ0v) is 8.55. The molecular formula is C7H12N2O3S. The van der Waals surface area contributed by atoms with E-state index in [1.807, 2.05) is 6.92 Å². The lowest BCUT2D eigenvalue weighted by atomic mass is 10.3. The van der Waals surface area contributed by atoms with Crippen molar-refractivity contribution >= 4 is 10.1 Å². The van der Waals surface area contributed by atoms with Gasteiger partial charge in [0, 0.05) is 5.69 Å². The molecule has 0 saturated heterocycles. The fourth-order valence-corrected chi connectivity index (χ4v) is 1.58. The van der Waals surface area contributed by atoms with Gasteiger partial charge < -0.3 is 0 Å². The lowest BCUT2D eigenvalue weighted by molar-refractivity contribution is 0.231. The average Bonchev–Trinajstić information content (AvgIpc) is 2.31. The molecule has 1 rings (SSSR count). The summed E-state index contributed by atoms with van der Waals surface area (Å²) in [7, 11) is -3.42. The summed E-state index contributed by atoms with van der Waals surface area (Å²) in [6.07, 6.45) is 0.475. The van der Waals surface area contributed by atoms with Gasteiger partial charge in [-0.1, -0.05) is 0 Å². The van der Waals surface area contributed by atoms with E-state index in [-0.39, 0.29) is 0 Å². The highest BCUT2D eigenvalue weighted by atomic mass is 32.2. The van der Waals surface area contributed by atoms with Crippen LogP contribution >= 0.6 is 0 Å². The molecule has 13 heavy (non-hydrogen) atoms. The van der Waals surface area contributed by atoms with Gasteiger partial charge in [0.05, 0.1) is 11.9 Å². The summed E-state index contributed by atoms with van der Waals surface area (Å²) in [5, 5.41) is 6.60. The highest BCUT2D eigenvalue weighted by Gasteiger charge is 2.14. The molecule has 1 aromatic rings. The largest absolute Gasteiger partial charge is 0.282 e. The number of rotatable bonds is 3. The van der Waals surface area contributed by atoms with E-state index in [9.17, 15) is 8.42 Å². The Kier molecular flexibility index (Phi) is 2.72.